The van der Waals surface area contributed by atoms with Crippen LogP contribution in [0.15, 0.2) is 24.3 Å². The van der Waals surface area contributed by atoms with Gasteiger partial charge in [-0.15, -0.1) is 0 Å². The first-order valence-corrected chi connectivity index (χ1v) is 7.50. The second kappa shape index (κ2) is 6.92. The molecule has 2 N–H and O–H groups in total. The molecule has 2 atom stereocenters. The Balaban J connectivity index is 2.66. The smallest absolute Gasteiger partial charge is 0.0366 e. The summed E-state index contributed by atoms with van der Waals surface area (Å²) in [5, 5.41) is 0. The molecule has 2 unspecified atom stereocenters. The number of anilines is 1. The van der Waals surface area contributed by atoms with Gasteiger partial charge in [0.25, 0.3) is 0 Å². The summed E-state index contributed by atoms with van der Waals surface area (Å²) in [4.78, 5) is 2.33. The number of nitrogens with zero attached hydrogens (tertiary/aromatic N) is 1. The number of hydrogen-bond acceptors (Lipinski definition) is 3. The van der Waals surface area contributed by atoms with Crippen molar-refractivity contribution in [1.82, 2.24) is 0 Å². The molecule has 0 aliphatic rings. The van der Waals surface area contributed by atoms with Gasteiger partial charge in [0.1, 0.15) is 0 Å². The Bertz CT molecular complexity index is 321. The van der Waals surface area contributed by atoms with E-state index < -0.39 is 0 Å². The van der Waals surface area contributed by atoms with Gasteiger partial charge in [-0.3, -0.25) is 0 Å². The molecule has 0 aromatic heterocycles. The average Bonchev–Trinajstić information content (AvgIpc) is 2.28. The summed E-state index contributed by atoms with van der Waals surface area (Å²) in [5.41, 5.74) is 8.39. The topological polar surface area (TPSA) is 29.3 Å². The van der Waals surface area contributed by atoms with Gasteiger partial charge in [0.2, 0.25) is 0 Å². The van der Waals surface area contributed by atoms with Crippen molar-refractivity contribution >= 4 is 17.4 Å². The molecule has 0 spiro atoms. The van der Waals surface area contributed by atoms with E-state index in [2.05, 4.69) is 49.4 Å². The lowest BCUT2D eigenvalue weighted by Crippen LogP contribution is -2.30. The van der Waals surface area contributed by atoms with Crippen LogP contribution in [0.3, 0.4) is 0 Å². The zero-order valence-corrected chi connectivity index (χ0v) is 12.1. The van der Waals surface area contributed by atoms with E-state index >= 15 is 0 Å². The first kappa shape index (κ1) is 14.4. The van der Waals surface area contributed by atoms with Gasteiger partial charge in [0.15, 0.2) is 0 Å². The minimum atomic E-state index is 0.231. The minimum absolute atomic E-state index is 0.231. The highest BCUT2D eigenvalue weighted by Crippen LogP contribution is 2.18. The van der Waals surface area contributed by atoms with Crippen LogP contribution in [0.1, 0.15) is 19.4 Å². The van der Waals surface area contributed by atoms with E-state index in [1.54, 1.807) is 0 Å². The van der Waals surface area contributed by atoms with Crippen molar-refractivity contribution in [2.75, 3.05) is 24.0 Å². The first-order valence-electron chi connectivity index (χ1n) is 6.11. The van der Waals surface area contributed by atoms with E-state index in [1.807, 2.05) is 18.7 Å². The third kappa shape index (κ3) is 4.60. The van der Waals surface area contributed by atoms with Crippen molar-refractivity contribution < 1.29 is 0 Å². The van der Waals surface area contributed by atoms with E-state index in [0.29, 0.717) is 6.04 Å². The Morgan fingerprint density at radius 1 is 1.24 bits per heavy atom. The molecule has 1 aromatic carbocycles. The van der Waals surface area contributed by atoms with Crippen molar-refractivity contribution in [2.45, 2.75) is 32.4 Å². The van der Waals surface area contributed by atoms with Gasteiger partial charge >= 0.3 is 0 Å². The Kier molecular flexibility index (Phi) is 5.86. The van der Waals surface area contributed by atoms with Crippen LogP contribution in [0.5, 0.6) is 0 Å². The molecule has 0 fully saturated rings. The molecule has 1 rings (SSSR count). The summed E-state index contributed by atoms with van der Waals surface area (Å²) in [6, 6.07) is 9.53. The van der Waals surface area contributed by atoms with Crippen LogP contribution in [0.4, 0.5) is 5.69 Å². The van der Waals surface area contributed by atoms with Crippen LogP contribution >= 0.6 is 11.8 Å². The van der Waals surface area contributed by atoms with Crippen molar-refractivity contribution in [2.24, 2.45) is 5.73 Å². The predicted octanol–water partition coefficient (Wildman–Crippen LogP) is 2.76. The molecule has 0 radical (unpaired) electrons. The van der Waals surface area contributed by atoms with Crippen molar-refractivity contribution in [3.05, 3.63) is 29.8 Å². The standard InChI is InChI=1S/C14H24N2S/c1-11(15)9-13-5-7-14(8-6-13)16(3)12(2)10-17-4/h5-8,11-12H,9-10,15H2,1-4H3. The molecule has 0 amide bonds. The number of benzene rings is 1. The summed E-state index contributed by atoms with van der Waals surface area (Å²) in [6.45, 7) is 4.30. The van der Waals surface area contributed by atoms with Gasteiger partial charge in [-0.25, -0.2) is 0 Å². The van der Waals surface area contributed by atoms with Crippen LogP contribution in [0, 0.1) is 0 Å². The lowest BCUT2D eigenvalue weighted by atomic mass is 10.1. The SMILES string of the molecule is CSCC(C)N(C)c1ccc(CC(C)N)cc1. The summed E-state index contributed by atoms with van der Waals surface area (Å²) >= 11 is 1.89. The largest absolute Gasteiger partial charge is 0.371 e. The maximum Gasteiger partial charge on any atom is 0.0366 e. The third-order valence-electron chi connectivity index (χ3n) is 2.97. The second-order valence-electron chi connectivity index (χ2n) is 4.76. The lowest BCUT2D eigenvalue weighted by molar-refractivity contribution is 0.736. The lowest BCUT2D eigenvalue weighted by Gasteiger charge is -2.26. The monoisotopic (exact) mass is 252 g/mol. The molecular formula is C14H24N2S. The fourth-order valence-corrected chi connectivity index (χ4v) is 2.55. The van der Waals surface area contributed by atoms with E-state index in [1.165, 1.54) is 11.3 Å². The van der Waals surface area contributed by atoms with Gasteiger partial charge in [-0.05, 0) is 44.2 Å². The highest BCUT2D eigenvalue weighted by atomic mass is 32.2. The van der Waals surface area contributed by atoms with E-state index in [-0.39, 0.29) is 6.04 Å². The molecule has 96 valence electrons. The average molecular weight is 252 g/mol. The van der Waals surface area contributed by atoms with Crippen molar-refractivity contribution in [3.63, 3.8) is 0 Å². The summed E-state index contributed by atoms with van der Waals surface area (Å²) in [6.07, 6.45) is 3.10. The molecule has 0 bridgehead atoms. The number of rotatable bonds is 6. The second-order valence-corrected chi connectivity index (χ2v) is 5.67. The van der Waals surface area contributed by atoms with E-state index in [0.717, 1.165) is 12.2 Å². The third-order valence-corrected chi connectivity index (χ3v) is 3.79. The molecule has 3 heteroatoms. The van der Waals surface area contributed by atoms with Crippen molar-refractivity contribution in [1.29, 1.82) is 0 Å². The van der Waals surface area contributed by atoms with Gasteiger partial charge in [-0.1, -0.05) is 12.1 Å². The van der Waals surface area contributed by atoms with E-state index in [4.69, 9.17) is 5.73 Å². The summed E-state index contributed by atoms with van der Waals surface area (Å²) in [5.74, 6) is 1.15. The Morgan fingerprint density at radius 2 is 1.82 bits per heavy atom. The van der Waals surface area contributed by atoms with Crippen LogP contribution in [-0.4, -0.2) is 31.1 Å². The zero-order valence-electron chi connectivity index (χ0n) is 11.3. The zero-order chi connectivity index (χ0) is 12.8. The molecule has 0 saturated heterocycles. The molecule has 0 heterocycles. The molecule has 1 aromatic rings. The Morgan fingerprint density at radius 3 is 2.29 bits per heavy atom. The maximum atomic E-state index is 5.80. The number of thioether (sulfide) groups is 1. The Labute approximate surface area is 110 Å². The minimum Gasteiger partial charge on any atom is -0.371 e. The quantitative estimate of drug-likeness (QED) is 0.844. The number of nitrogens with two attached hydrogens (primary N) is 1. The number of hydrogen-bond donors (Lipinski definition) is 1. The van der Waals surface area contributed by atoms with Gasteiger partial charge in [0.05, 0.1) is 0 Å². The van der Waals surface area contributed by atoms with E-state index in [9.17, 15) is 0 Å². The van der Waals surface area contributed by atoms with Crippen LogP contribution < -0.4 is 10.6 Å². The molecular weight excluding hydrogens is 228 g/mol. The van der Waals surface area contributed by atoms with Crippen molar-refractivity contribution in [3.8, 4) is 0 Å². The molecule has 17 heavy (non-hydrogen) atoms. The fourth-order valence-electron chi connectivity index (χ4n) is 1.85. The molecule has 0 aliphatic heterocycles. The highest BCUT2D eigenvalue weighted by Gasteiger charge is 2.09. The van der Waals surface area contributed by atoms with Crippen LogP contribution in [0.25, 0.3) is 0 Å². The fraction of sp³-hybridized carbons (Fsp3) is 0.571. The first-order chi connectivity index (χ1) is 8.04. The van der Waals surface area contributed by atoms with Crippen LogP contribution in [0.2, 0.25) is 0 Å². The normalized spacial score (nSPS) is 14.4. The summed E-state index contributed by atoms with van der Waals surface area (Å²) < 4.78 is 0. The van der Waals surface area contributed by atoms with Gasteiger partial charge in [0, 0.05) is 30.6 Å². The predicted molar refractivity (Wildman–Crippen MR) is 80.0 cm³/mol. The van der Waals surface area contributed by atoms with Gasteiger partial charge < -0.3 is 10.6 Å². The summed E-state index contributed by atoms with van der Waals surface area (Å²) in [7, 11) is 2.15. The molecule has 0 saturated carbocycles. The van der Waals surface area contributed by atoms with Gasteiger partial charge in [-0.2, -0.15) is 11.8 Å². The maximum absolute atomic E-state index is 5.80. The molecule has 2 nitrogen and oxygen atoms in total. The molecule has 0 aliphatic carbocycles. The van der Waals surface area contributed by atoms with Crippen LogP contribution in [-0.2, 0) is 6.42 Å². The Hall–Kier alpha value is -0.670. The highest BCUT2D eigenvalue weighted by molar-refractivity contribution is 7.98.